The van der Waals surface area contributed by atoms with E-state index < -0.39 is 0 Å². The highest BCUT2D eigenvalue weighted by Gasteiger charge is 2.15. The smallest absolute Gasteiger partial charge is 0.163 e. The molecule has 0 bridgehead atoms. The molecular weight excluding hydrogens is 316 g/mol. The van der Waals surface area contributed by atoms with Crippen molar-refractivity contribution in [1.29, 1.82) is 0 Å². The van der Waals surface area contributed by atoms with Crippen LogP contribution in [0, 0.1) is 5.92 Å². The fourth-order valence-electron chi connectivity index (χ4n) is 3.78. The molecule has 0 aliphatic carbocycles. The van der Waals surface area contributed by atoms with Crippen molar-refractivity contribution < 1.29 is 4.79 Å². The third-order valence-corrected chi connectivity index (χ3v) is 5.50. The Balaban J connectivity index is 2.35. The van der Waals surface area contributed by atoms with Crippen molar-refractivity contribution in [1.82, 2.24) is 0 Å². The van der Waals surface area contributed by atoms with Crippen molar-refractivity contribution in [3.05, 3.63) is 35.9 Å². The van der Waals surface area contributed by atoms with E-state index in [0.29, 0.717) is 11.7 Å². The second kappa shape index (κ2) is 16.1. The lowest BCUT2D eigenvalue weighted by molar-refractivity contribution is 0.0955. The third kappa shape index (κ3) is 11.5. The molecule has 0 aromatic heterocycles. The Morgan fingerprint density at radius 1 is 0.692 bits per heavy atom. The molecule has 1 nitrogen and oxygen atoms in total. The first kappa shape index (κ1) is 22.9. The Kier molecular flexibility index (Phi) is 14.2. The second-order valence-corrected chi connectivity index (χ2v) is 7.97. The van der Waals surface area contributed by atoms with Gasteiger partial charge >= 0.3 is 0 Å². The van der Waals surface area contributed by atoms with Crippen molar-refractivity contribution in [3.63, 3.8) is 0 Å². The number of hydrogen-bond acceptors (Lipinski definition) is 1. The highest BCUT2D eigenvalue weighted by Crippen LogP contribution is 2.24. The number of ketones is 1. The summed E-state index contributed by atoms with van der Waals surface area (Å²) in [5, 5.41) is 0. The number of unbranched alkanes of at least 4 members (excludes halogenated alkanes) is 10. The minimum absolute atomic E-state index is 0.340. The molecule has 0 radical (unpaired) electrons. The van der Waals surface area contributed by atoms with Gasteiger partial charge in [0.15, 0.2) is 5.78 Å². The van der Waals surface area contributed by atoms with E-state index in [1.807, 2.05) is 30.3 Å². The molecular formula is C25H42O. The van der Waals surface area contributed by atoms with E-state index in [-0.39, 0.29) is 0 Å². The molecule has 0 N–H and O–H groups in total. The summed E-state index contributed by atoms with van der Waals surface area (Å²) in [6.45, 7) is 4.54. The molecule has 1 heteroatoms. The third-order valence-electron chi connectivity index (χ3n) is 5.50. The number of benzene rings is 1. The number of carbonyl (C=O) groups excluding carboxylic acids is 1. The summed E-state index contributed by atoms with van der Waals surface area (Å²) in [4.78, 5) is 12.6. The zero-order valence-electron chi connectivity index (χ0n) is 17.5. The molecule has 1 rings (SSSR count). The zero-order chi connectivity index (χ0) is 18.9. The van der Waals surface area contributed by atoms with Gasteiger partial charge in [-0.3, -0.25) is 4.79 Å². The van der Waals surface area contributed by atoms with E-state index in [9.17, 15) is 4.79 Å². The summed E-state index contributed by atoms with van der Waals surface area (Å²) in [5.41, 5.74) is 0.892. The molecule has 0 saturated carbocycles. The summed E-state index contributed by atoms with van der Waals surface area (Å²) in [6.07, 6.45) is 19.3. The van der Waals surface area contributed by atoms with E-state index in [0.717, 1.165) is 12.0 Å². The molecule has 26 heavy (non-hydrogen) atoms. The average molecular weight is 359 g/mol. The highest BCUT2D eigenvalue weighted by atomic mass is 16.1. The Morgan fingerprint density at radius 2 is 1.15 bits per heavy atom. The van der Waals surface area contributed by atoms with Crippen LogP contribution in [-0.4, -0.2) is 5.78 Å². The van der Waals surface area contributed by atoms with Crippen LogP contribution in [0.25, 0.3) is 0 Å². The molecule has 0 amide bonds. The first-order chi connectivity index (χ1) is 12.8. The van der Waals surface area contributed by atoms with Crippen LogP contribution >= 0.6 is 0 Å². The molecule has 0 heterocycles. The summed E-state index contributed by atoms with van der Waals surface area (Å²) in [7, 11) is 0. The van der Waals surface area contributed by atoms with Gasteiger partial charge in [0, 0.05) is 12.0 Å². The molecule has 0 saturated heterocycles. The number of hydrogen-bond donors (Lipinski definition) is 0. The van der Waals surface area contributed by atoms with Crippen molar-refractivity contribution in [2.45, 2.75) is 110 Å². The lowest BCUT2D eigenvalue weighted by Crippen LogP contribution is -2.09. The maximum absolute atomic E-state index is 12.6. The van der Waals surface area contributed by atoms with Crippen molar-refractivity contribution >= 4 is 5.78 Å². The van der Waals surface area contributed by atoms with Crippen LogP contribution < -0.4 is 0 Å². The van der Waals surface area contributed by atoms with Gasteiger partial charge in [-0.1, -0.05) is 134 Å². The van der Waals surface area contributed by atoms with Crippen LogP contribution in [0.1, 0.15) is 121 Å². The summed E-state index contributed by atoms with van der Waals surface area (Å²) in [5.74, 6) is 0.924. The van der Waals surface area contributed by atoms with Gasteiger partial charge in [0.25, 0.3) is 0 Å². The standard InChI is InChI=1S/C25H42O/c1-3-5-7-9-11-14-18-23(19-15-12-10-8-6-4-2)22-25(26)24-20-16-13-17-21-24/h13,16-17,20-21,23H,3-12,14-15,18-19,22H2,1-2H3. The monoisotopic (exact) mass is 358 g/mol. The van der Waals surface area contributed by atoms with Crippen molar-refractivity contribution in [2.24, 2.45) is 5.92 Å². The Morgan fingerprint density at radius 3 is 1.65 bits per heavy atom. The van der Waals surface area contributed by atoms with Gasteiger partial charge in [0.2, 0.25) is 0 Å². The van der Waals surface area contributed by atoms with Crippen LogP contribution in [0.5, 0.6) is 0 Å². The SMILES string of the molecule is CCCCCCCCC(CCCCCCCC)CC(=O)c1ccccc1. The van der Waals surface area contributed by atoms with Gasteiger partial charge < -0.3 is 0 Å². The molecule has 0 fully saturated rings. The molecule has 148 valence electrons. The molecule has 1 aromatic rings. The fourth-order valence-corrected chi connectivity index (χ4v) is 3.78. The van der Waals surface area contributed by atoms with E-state index in [2.05, 4.69) is 13.8 Å². The van der Waals surface area contributed by atoms with Crippen LogP contribution in [0.3, 0.4) is 0 Å². The topological polar surface area (TPSA) is 17.1 Å². The first-order valence-electron chi connectivity index (χ1n) is 11.4. The lowest BCUT2D eigenvalue weighted by Gasteiger charge is -2.16. The maximum Gasteiger partial charge on any atom is 0.163 e. The van der Waals surface area contributed by atoms with Gasteiger partial charge in [0.1, 0.15) is 0 Å². The van der Waals surface area contributed by atoms with Crippen molar-refractivity contribution in [3.8, 4) is 0 Å². The van der Waals surface area contributed by atoms with Gasteiger partial charge in [-0.15, -0.1) is 0 Å². The molecule has 0 atom stereocenters. The van der Waals surface area contributed by atoms with Gasteiger partial charge in [0.05, 0.1) is 0 Å². The summed E-state index contributed by atoms with van der Waals surface area (Å²) >= 11 is 0. The highest BCUT2D eigenvalue weighted by molar-refractivity contribution is 5.96. The van der Waals surface area contributed by atoms with Crippen LogP contribution in [0.15, 0.2) is 30.3 Å². The lowest BCUT2D eigenvalue weighted by atomic mass is 9.88. The number of rotatable bonds is 17. The van der Waals surface area contributed by atoms with E-state index in [4.69, 9.17) is 0 Å². The quantitative estimate of drug-likeness (QED) is 0.202. The molecule has 0 unspecified atom stereocenters. The number of Topliss-reactive ketones (excluding diaryl/α,β-unsaturated/α-hetero) is 1. The minimum atomic E-state index is 0.340. The van der Waals surface area contributed by atoms with E-state index >= 15 is 0 Å². The van der Waals surface area contributed by atoms with E-state index in [1.54, 1.807) is 0 Å². The summed E-state index contributed by atoms with van der Waals surface area (Å²) in [6, 6.07) is 9.87. The summed E-state index contributed by atoms with van der Waals surface area (Å²) < 4.78 is 0. The predicted molar refractivity (Wildman–Crippen MR) is 115 cm³/mol. The minimum Gasteiger partial charge on any atom is -0.294 e. The van der Waals surface area contributed by atoms with Crippen molar-refractivity contribution in [2.75, 3.05) is 0 Å². The molecule has 0 aliphatic heterocycles. The molecule has 0 aliphatic rings. The normalized spacial score (nSPS) is 11.2. The first-order valence-corrected chi connectivity index (χ1v) is 11.4. The Hall–Kier alpha value is -1.11. The predicted octanol–water partition coefficient (Wildman–Crippen LogP) is 8.38. The number of carbonyl (C=O) groups is 1. The fraction of sp³-hybridized carbons (Fsp3) is 0.720. The second-order valence-electron chi connectivity index (χ2n) is 7.97. The Bertz CT molecular complexity index is 421. The van der Waals surface area contributed by atoms with Gasteiger partial charge in [-0.25, -0.2) is 0 Å². The largest absolute Gasteiger partial charge is 0.294 e. The van der Waals surface area contributed by atoms with Crippen LogP contribution in [-0.2, 0) is 0 Å². The van der Waals surface area contributed by atoms with E-state index in [1.165, 1.54) is 89.9 Å². The maximum atomic E-state index is 12.6. The van der Waals surface area contributed by atoms with Crippen LogP contribution in [0.2, 0.25) is 0 Å². The van der Waals surface area contributed by atoms with Gasteiger partial charge in [-0.05, 0) is 5.92 Å². The average Bonchev–Trinajstić information content (AvgIpc) is 2.67. The zero-order valence-corrected chi connectivity index (χ0v) is 17.5. The molecule has 0 spiro atoms. The van der Waals surface area contributed by atoms with Crippen LogP contribution in [0.4, 0.5) is 0 Å². The Labute approximate surface area is 163 Å². The molecule has 1 aromatic carbocycles. The van der Waals surface area contributed by atoms with Gasteiger partial charge in [-0.2, -0.15) is 0 Å².